The summed E-state index contributed by atoms with van der Waals surface area (Å²) in [5, 5.41) is 7.06. The topological polar surface area (TPSA) is 41.1 Å². The number of rotatable bonds is 6. The minimum atomic E-state index is 0.147. The zero-order valence-electron chi connectivity index (χ0n) is 10.6. The molecule has 0 aromatic heterocycles. The Hall–Kier alpha value is -1.06. The van der Waals surface area contributed by atoms with Crippen molar-refractivity contribution in [2.75, 3.05) is 6.54 Å². The molecule has 0 unspecified atom stereocenters. The van der Waals surface area contributed by atoms with Gasteiger partial charge in [-0.25, -0.2) is 0 Å². The van der Waals surface area contributed by atoms with E-state index in [0.29, 0.717) is 19.0 Å². The highest BCUT2D eigenvalue weighted by Gasteiger charge is 2.22. The molecule has 1 amide bonds. The molecular formula is C14H19ClN2O. The molecule has 0 aliphatic heterocycles. The summed E-state index contributed by atoms with van der Waals surface area (Å²) >= 11 is 5.84. The normalized spacial score (nSPS) is 16.3. The summed E-state index contributed by atoms with van der Waals surface area (Å²) in [6.07, 6.45) is 2.81. The molecular weight excluding hydrogens is 248 g/mol. The van der Waals surface area contributed by atoms with Crippen LogP contribution in [0.5, 0.6) is 0 Å². The molecule has 1 aromatic rings. The largest absolute Gasteiger partial charge is 0.353 e. The van der Waals surface area contributed by atoms with Crippen LogP contribution in [0.15, 0.2) is 24.3 Å². The third-order valence-corrected chi connectivity index (χ3v) is 3.37. The van der Waals surface area contributed by atoms with Crippen LogP contribution in [-0.2, 0) is 4.79 Å². The Balaban J connectivity index is 1.68. The Morgan fingerprint density at radius 1 is 1.39 bits per heavy atom. The third-order valence-electron chi connectivity index (χ3n) is 3.12. The summed E-state index contributed by atoms with van der Waals surface area (Å²) in [6, 6.07) is 8.46. The SMILES string of the molecule is C[C@@H](NCCC(=O)NC1CC1)c1ccc(Cl)cc1. The second-order valence-electron chi connectivity index (χ2n) is 4.82. The van der Waals surface area contributed by atoms with E-state index >= 15 is 0 Å². The highest BCUT2D eigenvalue weighted by Crippen LogP contribution is 2.18. The van der Waals surface area contributed by atoms with Crippen LogP contribution in [-0.4, -0.2) is 18.5 Å². The van der Waals surface area contributed by atoms with Crippen molar-refractivity contribution < 1.29 is 4.79 Å². The molecule has 0 bridgehead atoms. The maximum Gasteiger partial charge on any atom is 0.221 e. The molecule has 18 heavy (non-hydrogen) atoms. The minimum Gasteiger partial charge on any atom is -0.353 e. The predicted octanol–water partition coefficient (Wildman–Crippen LogP) is 2.66. The maximum absolute atomic E-state index is 11.5. The van der Waals surface area contributed by atoms with Crippen LogP contribution in [0, 0.1) is 0 Å². The molecule has 4 heteroatoms. The van der Waals surface area contributed by atoms with E-state index in [2.05, 4.69) is 17.6 Å². The highest BCUT2D eigenvalue weighted by molar-refractivity contribution is 6.30. The number of amides is 1. The van der Waals surface area contributed by atoms with Gasteiger partial charge in [-0.3, -0.25) is 4.79 Å². The monoisotopic (exact) mass is 266 g/mol. The molecule has 0 heterocycles. The van der Waals surface area contributed by atoms with Crippen LogP contribution in [0.3, 0.4) is 0 Å². The number of halogens is 1. The fraction of sp³-hybridized carbons (Fsp3) is 0.500. The molecule has 1 aliphatic rings. The number of hydrogen-bond donors (Lipinski definition) is 2. The zero-order valence-corrected chi connectivity index (χ0v) is 11.3. The van der Waals surface area contributed by atoms with Crippen molar-refractivity contribution in [3.63, 3.8) is 0 Å². The predicted molar refractivity (Wildman–Crippen MR) is 73.7 cm³/mol. The van der Waals surface area contributed by atoms with Gasteiger partial charge in [0.15, 0.2) is 0 Å². The smallest absolute Gasteiger partial charge is 0.221 e. The summed E-state index contributed by atoms with van der Waals surface area (Å²) in [5.74, 6) is 0.147. The molecule has 2 N–H and O–H groups in total. The van der Waals surface area contributed by atoms with Gasteiger partial charge in [-0.2, -0.15) is 0 Å². The van der Waals surface area contributed by atoms with Crippen molar-refractivity contribution in [3.05, 3.63) is 34.9 Å². The number of carbonyl (C=O) groups excluding carboxylic acids is 1. The standard InChI is InChI=1S/C14H19ClN2O/c1-10(11-2-4-12(15)5-3-11)16-9-8-14(18)17-13-6-7-13/h2-5,10,13,16H,6-9H2,1H3,(H,17,18)/t10-/m1/s1. The van der Waals surface area contributed by atoms with E-state index < -0.39 is 0 Å². The van der Waals surface area contributed by atoms with E-state index in [0.717, 1.165) is 17.9 Å². The van der Waals surface area contributed by atoms with Gasteiger partial charge >= 0.3 is 0 Å². The van der Waals surface area contributed by atoms with E-state index in [4.69, 9.17) is 11.6 Å². The Bertz CT molecular complexity index is 401. The van der Waals surface area contributed by atoms with E-state index in [1.807, 2.05) is 24.3 Å². The number of carbonyl (C=O) groups is 1. The van der Waals surface area contributed by atoms with Crippen molar-refractivity contribution >= 4 is 17.5 Å². The lowest BCUT2D eigenvalue weighted by Gasteiger charge is -2.14. The van der Waals surface area contributed by atoms with Gasteiger partial charge in [0, 0.05) is 30.1 Å². The van der Waals surface area contributed by atoms with Gasteiger partial charge in [0.25, 0.3) is 0 Å². The number of benzene rings is 1. The van der Waals surface area contributed by atoms with Crippen molar-refractivity contribution in [2.24, 2.45) is 0 Å². The van der Waals surface area contributed by atoms with E-state index in [-0.39, 0.29) is 11.9 Å². The first-order valence-electron chi connectivity index (χ1n) is 6.43. The number of nitrogens with one attached hydrogen (secondary N) is 2. The van der Waals surface area contributed by atoms with Crippen LogP contribution in [0.2, 0.25) is 5.02 Å². The third kappa shape index (κ3) is 4.31. The van der Waals surface area contributed by atoms with Crippen molar-refractivity contribution in [3.8, 4) is 0 Å². The lowest BCUT2D eigenvalue weighted by Crippen LogP contribution is -2.30. The van der Waals surface area contributed by atoms with Gasteiger partial charge in [0.2, 0.25) is 5.91 Å². The molecule has 2 rings (SSSR count). The van der Waals surface area contributed by atoms with E-state index in [1.54, 1.807) is 0 Å². The molecule has 1 fully saturated rings. The van der Waals surface area contributed by atoms with Crippen molar-refractivity contribution in [1.82, 2.24) is 10.6 Å². The van der Waals surface area contributed by atoms with Crippen molar-refractivity contribution in [1.29, 1.82) is 0 Å². The minimum absolute atomic E-state index is 0.147. The molecule has 0 radical (unpaired) electrons. The fourth-order valence-corrected chi connectivity index (χ4v) is 1.93. The van der Waals surface area contributed by atoms with Crippen LogP contribution < -0.4 is 10.6 Å². The van der Waals surface area contributed by atoms with Gasteiger partial charge in [0.05, 0.1) is 0 Å². The molecule has 1 atom stereocenters. The van der Waals surface area contributed by atoms with Gasteiger partial charge in [-0.1, -0.05) is 23.7 Å². The average Bonchev–Trinajstić information content (AvgIpc) is 3.13. The molecule has 1 aromatic carbocycles. The Morgan fingerprint density at radius 3 is 2.67 bits per heavy atom. The summed E-state index contributed by atoms with van der Waals surface area (Å²) in [7, 11) is 0. The summed E-state index contributed by atoms with van der Waals surface area (Å²) in [6.45, 7) is 2.78. The maximum atomic E-state index is 11.5. The average molecular weight is 267 g/mol. The second-order valence-corrected chi connectivity index (χ2v) is 5.26. The van der Waals surface area contributed by atoms with Crippen LogP contribution in [0.25, 0.3) is 0 Å². The second kappa shape index (κ2) is 6.21. The van der Waals surface area contributed by atoms with Gasteiger partial charge in [0.1, 0.15) is 0 Å². The lowest BCUT2D eigenvalue weighted by atomic mass is 10.1. The molecule has 1 aliphatic carbocycles. The summed E-state index contributed by atoms with van der Waals surface area (Å²) < 4.78 is 0. The van der Waals surface area contributed by atoms with Crippen LogP contribution in [0.4, 0.5) is 0 Å². The summed E-state index contributed by atoms with van der Waals surface area (Å²) in [5.41, 5.74) is 1.18. The molecule has 3 nitrogen and oxygen atoms in total. The van der Waals surface area contributed by atoms with Gasteiger partial charge in [-0.15, -0.1) is 0 Å². The van der Waals surface area contributed by atoms with Gasteiger partial charge < -0.3 is 10.6 Å². The molecule has 0 saturated heterocycles. The number of hydrogen-bond acceptors (Lipinski definition) is 2. The first kappa shape index (κ1) is 13.4. The zero-order chi connectivity index (χ0) is 13.0. The Labute approximate surface area is 113 Å². The molecule has 0 spiro atoms. The quantitative estimate of drug-likeness (QED) is 0.831. The molecule has 98 valence electrons. The highest BCUT2D eigenvalue weighted by atomic mass is 35.5. The summed E-state index contributed by atoms with van der Waals surface area (Å²) in [4.78, 5) is 11.5. The van der Waals surface area contributed by atoms with E-state index in [9.17, 15) is 4.79 Å². The van der Waals surface area contributed by atoms with E-state index in [1.165, 1.54) is 5.56 Å². The first-order valence-corrected chi connectivity index (χ1v) is 6.81. The molecule has 1 saturated carbocycles. The lowest BCUT2D eigenvalue weighted by molar-refractivity contribution is -0.121. The fourth-order valence-electron chi connectivity index (χ4n) is 1.80. The Kier molecular flexibility index (Phi) is 4.61. The van der Waals surface area contributed by atoms with Crippen LogP contribution in [0.1, 0.15) is 37.8 Å². The van der Waals surface area contributed by atoms with Crippen LogP contribution >= 0.6 is 11.6 Å². The van der Waals surface area contributed by atoms with Gasteiger partial charge in [-0.05, 0) is 37.5 Å². The van der Waals surface area contributed by atoms with Crippen molar-refractivity contribution in [2.45, 2.75) is 38.3 Å². The first-order chi connectivity index (χ1) is 8.65. The Morgan fingerprint density at radius 2 is 2.06 bits per heavy atom.